The second-order valence-corrected chi connectivity index (χ2v) is 14.6. The summed E-state index contributed by atoms with van der Waals surface area (Å²) in [6.45, 7) is 7.55. The van der Waals surface area contributed by atoms with E-state index < -0.39 is 0 Å². The quantitative estimate of drug-likeness (QED) is 0.205. The summed E-state index contributed by atoms with van der Waals surface area (Å²) in [6.07, 6.45) is 9.49. The molecule has 12 heteroatoms. The summed E-state index contributed by atoms with van der Waals surface area (Å²) in [5, 5.41) is 6.00. The van der Waals surface area contributed by atoms with E-state index in [4.69, 9.17) is 4.74 Å². The van der Waals surface area contributed by atoms with Crippen LogP contribution in [0.2, 0.25) is 0 Å². The normalized spacial score (nSPS) is 16.0. The van der Waals surface area contributed by atoms with Crippen LogP contribution in [0.15, 0.2) is 79.4 Å². The molecule has 1 aromatic carbocycles. The molecule has 5 aromatic rings. The van der Waals surface area contributed by atoms with Gasteiger partial charge in [-0.1, -0.05) is 0 Å². The number of aromatic nitrogens is 3. The van der Waals surface area contributed by atoms with Gasteiger partial charge in [0.15, 0.2) is 0 Å². The van der Waals surface area contributed by atoms with Crippen molar-refractivity contribution in [1.29, 1.82) is 0 Å². The van der Waals surface area contributed by atoms with Crippen molar-refractivity contribution < 1.29 is 19.1 Å². The standard InChI is InChI=1S/C39H37N7O4S/c1-24-18-29(35(42-20-24)45-22-39(23-45)11-16-50-17-12-39)36(47)43-28-7-5-26(6-8-28)38(49)46-15-10-27-19-32(37(48)44-30-9-14-40-21-25(30)2)51-34(27)33-31(46)4-3-13-41-33/h3-9,13-14,18-21H,10-12,15-17,22-23H2,1-2H3,(H,43,47)(H,40,44,48). The third-order valence-corrected chi connectivity index (χ3v) is 11.2. The number of hydrogen-bond acceptors (Lipinski definition) is 9. The third kappa shape index (κ3) is 6.36. The van der Waals surface area contributed by atoms with Crippen LogP contribution in [0.25, 0.3) is 10.6 Å². The predicted molar refractivity (Wildman–Crippen MR) is 198 cm³/mol. The highest BCUT2D eigenvalue weighted by Gasteiger charge is 2.45. The summed E-state index contributed by atoms with van der Waals surface area (Å²) < 4.78 is 5.57. The lowest BCUT2D eigenvalue weighted by atomic mass is 9.73. The maximum absolute atomic E-state index is 14.0. The number of carbonyl (C=O) groups excluding carboxylic acids is 3. The molecule has 51 heavy (non-hydrogen) atoms. The van der Waals surface area contributed by atoms with E-state index in [1.54, 1.807) is 60.0 Å². The topological polar surface area (TPSA) is 130 Å². The van der Waals surface area contributed by atoms with Gasteiger partial charge in [-0.15, -0.1) is 11.3 Å². The van der Waals surface area contributed by atoms with Crippen molar-refractivity contribution in [3.63, 3.8) is 0 Å². The first-order chi connectivity index (χ1) is 24.8. The lowest BCUT2D eigenvalue weighted by Gasteiger charge is -2.53. The highest BCUT2D eigenvalue weighted by Crippen LogP contribution is 2.43. The van der Waals surface area contributed by atoms with Gasteiger partial charge in [-0.25, -0.2) is 4.98 Å². The molecule has 1 spiro atoms. The van der Waals surface area contributed by atoms with Crippen molar-refractivity contribution in [1.82, 2.24) is 15.0 Å². The van der Waals surface area contributed by atoms with E-state index in [1.165, 1.54) is 11.3 Å². The average molecular weight is 700 g/mol. The Labute approximate surface area is 299 Å². The maximum atomic E-state index is 14.0. The van der Waals surface area contributed by atoms with Gasteiger partial charge in [-0.05, 0) is 104 Å². The summed E-state index contributed by atoms with van der Waals surface area (Å²) in [4.78, 5) is 59.6. The molecule has 0 aliphatic carbocycles. The SMILES string of the molecule is Cc1cnc(N2CC3(CCOCC3)C2)c(C(=O)Nc2ccc(C(=O)N3CCc4cc(C(=O)Nc5ccncc5C)sc4-c4ncccc43)cc2)c1. The van der Waals surface area contributed by atoms with Gasteiger partial charge in [-0.2, -0.15) is 0 Å². The van der Waals surface area contributed by atoms with E-state index in [0.29, 0.717) is 57.5 Å². The number of pyridine rings is 3. The number of carbonyl (C=O) groups is 3. The van der Waals surface area contributed by atoms with Crippen molar-refractivity contribution in [2.45, 2.75) is 33.1 Å². The van der Waals surface area contributed by atoms with Crippen LogP contribution in [0, 0.1) is 19.3 Å². The maximum Gasteiger partial charge on any atom is 0.265 e. The first-order valence-electron chi connectivity index (χ1n) is 17.1. The molecule has 8 rings (SSSR count). The van der Waals surface area contributed by atoms with Gasteiger partial charge in [0, 0.05) is 80.0 Å². The molecule has 2 saturated heterocycles. The first-order valence-corrected chi connectivity index (χ1v) is 17.9. The molecule has 11 nitrogen and oxygen atoms in total. The molecule has 4 aromatic heterocycles. The van der Waals surface area contributed by atoms with Gasteiger partial charge in [0.25, 0.3) is 17.7 Å². The molecule has 258 valence electrons. The zero-order chi connectivity index (χ0) is 35.1. The lowest BCUT2D eigenvalue weighted by Crippen LogP contribution is -2.59. The Kier molecular flexibility index (Phi) is 8.56. The van der Waals surface area contributed by atoms with E-state index in [2.05, 4.69) is 30.5 Å². The van der Waals surface area contributed by atoms with Crippen LogP contribution in [0.4, 0.5) is 22.9 Å². The summed E-state index contributed by atoms with van der Waals surface area (Å²) in [5.41, 5.74) is 6.67. The summed E-state index contributed by atoms with van der Waals surface area (Å²) in [5.74, 6) is 0.0866. The number of amides is 3. The molecular weight excluding hydrogens is 663 g/mol. The van der Waals surface area contributed by atoms with Crippen LogP contribution in [-0.2, 0) is 11.2 Å². The van der Waals surface area contributed by atoms with E-state index in [-0.39, 0.29) is 23.1 Å². The van der Waals surface area contributed by atoms with Crippen LogP contribution in [-0.4, -0.2) is 65.5 Å². The Bertz CT molecular complexity index is 2150. The average Bonchev–Trinajstić information content (AvgIpc) is 3.50. The zero-order valence-corrected chi connectivity index (χ0v) is 29.3. The van der Waals surface area contributed by atoms with Crippen molar-refractivity contribution in [3.05, 3.63) is 112 Å². The number of thiophene rings is 1. The minimum absolute atomic E-state index is 0.173. The fourth-order valence-corrected chi connectivity index (χ4v) is 8.25. The van der Waals surface area contributed by atoms with Crippen LogP contribution in [0.3, 0.4) is 0 Å². The second-order valence-electron chi connectivity index (χ2n) is 13.6. The molecule has 0 bridgehead atoms. The fraction of sp³-hybridized carbons (Fsp3) is 0.282. The van der Waals surface area contributed by atoms with Gasteiger partial charge in [0.1, 0.15) is 11.5 Å². The Morgan fingerprint density at radius 1 is 0.902 bits per heavy atom. The molecule has 2 N–H and O–H groups in total. The largest absolute Gasteiger partial charge is 0.381 e. The number of ether oxygens (including phenoxy) is 1. The van der Waals surface area contributed by atoms with Gasteiger partial charge in [-0.3, -0.25) is 24.4 Å². The van der Waals surface area contributed by atoms with Crippen LogP contribution in [0.1, 0.15) is 59.9 Å². The van der Waals surface area contributed by atoms with E-state index in [1.807, 2.05) is 38.1 Å². The Morgan fingerprint density at radius 2 is 1.71 bits per heavy atom. The first kappa shape index (κ1) is 32.7. The number of benzene rings is 1. The van der Waals surface area contributed by atoms with Gasteiger partial charge in [0.05, 0.1) is 21.0 Å². The summed E-state index contributed by atoms with van der Waals surface area (Å²) in [7, 11) is 0. The highest BCUT2D eigenvalue weighted by atomic mass is 32.1. The number of aryl methyl sites for hydroxylation is 2. The Hall–Kier alpha value is -5.46. The molecule has 3 amide bonds. The molecule has 0 saturated carbocycles. The lowest BCUT2D eigenvalue weighted by molar-refractivity contribution is -0.000511. The molecular formula is C39H37N7O4S. The monoisotopic (exact) mass is 699 g/mol. The fourth-order valence-electron chi connectivity index (χ4n) is 7.14. The highest BCUT2D eigenvalue weighted by molar-refractivity contribution is 7.17. The van der Waals surface area contributed by atoms with Crippen LogP contribution in [0.5, 0.6) is 0 Å². The predicted octanol–water partition coefficient (Wildman–Crippen LogP) is 6.54. The summed E-state index contributed by atoms with van der Waals surface area (Å²) in [6, 6.07) is 16.2. The number of fused-ring (bicyclic) bond motifs is 3. The second kappa shape index (κ2) is 13.3. The summed E-state index contributed by atoms with van der Waals surface area (Å²) >= 11 is 1.37. The molecule has 0 unspecified atom stereocenters. The van der Waals surface area contributed by atoms with E-state index >= 15 is 0 Å². The number of rotatable bonds is 6. The van der Waals surface area contributed by atoms with Gasteiger partial charge >= 0.3 is 0 Å². The Morgan fingerprint density at radius 3 is 2.49 bits per heavy atom. The van der Waals surface area contributed by atoms with Crippen molar-refractivity contribution in [2.75, 3.05) is 53.3 Å². The zero-order valence-electron chi connectivity index (χ0n) is 28.4. The van der Waals surface area contributed by atoms with Crippen molar-refractivity contribution in [3.8, 4) is 10.6 Å². The minimum Gasteiger partial charge on any atom is -0.381 e. The number of hydrogen-bond donors (Lipinski definition) is 2. The molecule has 0 atom stereocenters. The molecule has 2 fully saturated rings. The number of nitrogens with zero attached hydrogens (tertiary/aromatic N) is 5. The van der Waals surface area contributed by atoms with Gasteiger partial charge in [0.2, 0.25) is 0 Å². The van der Waals surface area contributed by atoms with Crippen LogP contribution < -0.4 is 20.4 Å². The molecule has 7 heterocycles. The smallest absolute Gasteiger partial charge is 0.265 e. The van der Waals surface area contributed by atoms with E-state index in [9.17, 15) is 14.4 Å². The Balaban J connectivity index is 0.974. The molecule has 3 aliphatic heterocycles. The van der Waals surface area contributed by atoms with E-state index in [0.717, 1.165) is 60.7 Å². The minimum atomic E-state index is -0.240. The molecule has 3 aliphatic rings. The van der Waals surface area contributed by atoms with Gasteiger partial charge < -0.3 is 25.2 Å². The van der Waals surface area contributed by atoms with Crippen molar-refractivity contribution >= 4 is 51.9 Å². The van der Waals surface area contributed by atoms with Crippen LogP contribution >= 0.6 is 11.3 Å². The third-order valence-electron chi connectivity index (χ3n) is 9.99. The van der Waals surface area contributed by atoms with Crippen molar-refractivity contribution in [2.24, 2.45) is 5.41 Å². The number of nitrogens with one attached hydrogen (secondary N) is 2. The number of anilines is 4. The molecule has 0 radical (unpaired) electrons.